The number of ether oxygens (including phenoxy) is 1. The lowest BCUT2D eigenvalue weighted by Crippen LogP contribution is -2.08. The molecule has 0 saturated heterocycles. The summed E-state index contributed by atoms with van der Waals surface area (Å²) < 4.78 is 7.51. The minimum Gasteiger partial charge on any atom is -0.489 e. The normalized spacial score (nSPS) is 10.9. The summed E-state index contributed by atoms with van der Waals surface area (Å²) >= 11 is 0. The molecule has 2 aromatic rings. The number of aliphatic hydroxyl groups excluding tert-OH is 1. The van der Waals surface area contributed by atoms with Crippen LogP contribution in [0, 0.1) is 6.92 Å². The predicted octanol–water partition coefficient (Wildman–Crippen LogP) is 2.46. The van der Waals surface area contributed by atoms with E-state index in [0.717, 1.165) is 22.7 Å². The number of hydrogen-bond donors (Lipinski definition) is 1. The summed E-state index contributed by atoms with van der Waals surface area (Å²) in [6, 6.07) is 7.75. The molecule has 0 spiro atoms. The number of nitrogens with zero attached hydrogens (tertiary/aromatic N) is 2. The summed E-state index contributed by atoms with van der Waals surface area (Å²) in [5.41, 5.74) is 2.54. The van der Waals surface area contributed by atoms with Crippen LogP contribution >= 0.6 is 0 Å². The fraction of sp³-hybridized carbons (Fsp3) is 0.357. The monoisotopic (exact) mass is 246 g/mol. The second kappa shape index (κ2) is 5.23. The minimum atomic E-state index is -0.000954. The Morgan fingerprint density at radius 2 is 2.06 bits per heavy atom. The number of aryl methyl sites for hydroxylation is 1. The molecule has 1 N–H and O–H groups in total. The van der Waals surface area contributed by atoms with Gasteiger partial charge in [0.2, 0.25) is 0 Å². The molecule has 4 nitrogen and oxygen atoms in total. The Hall–Kier alpha value is -1.81. The lowest BCUT2D eigenvalue weighted by Gasteiger charge is -2.13. The molecule has 0 atom stereocenters. The van der Waals surface area contributed by atoms with Gasteiger partial charge in [-0.25, -0.2) is 4.68 Å². The molecule has 0 fully saturated rings. The third-order valence-electron chi connectivity index (χ3n) is 2.65. The molecular weight excluding hydrogens is 228 g/mol. The van der Waals surface area contributed by atoms with Crippen molar-refractivity contribution >= 4 is 0 Å². The molecule has 0 aliphatic rings. The summed E-state index contributed by atoms with van der Waals surface area (Å²) in [5, 5.41) is 13.6. The van der Waals surface area contributed by atoms with E-state index in [-0.39, 0.29) is 12.7 Å². The SMILES string of the molecule is Cc1nn(-c2ccccc2OC(C)C)cc1CO. The van der Waals surface area contributed by atoms with E-state index in [0.29, 0.717) is 0 Å². The fourth-order valence-electron chi connectivity index (χ4n) is 1.77. The van der Waals surface area contributed by atoms with E-state index in [2.05, 4.69) is 5.10 Å². The Kier molecular flexibility index (Phi) is 3.67. The first-order valence-corrected chi connectivity index (χ1v) is 6.04. The van der Waals surface area contributed by atoms with Crippen molar-refractivity contribution in [3.8, 4) is 11.4 Å². The van der Waals surface area contributed by atoms with Gasteiger partial charge in [-0.15, -0.1) is 0 Å². The second-order valence-electron chi connectivity index (χ2n) is 4.48. The van der Waals surface area contributed by atoms with Crippen LogP contribution in [-0.4, -0.2) is 21.0 Å². The first-order chi connectivity index (χ1) is 8.61. The maximum Gasteiger partial charge on any atom is 0.145 e. The molecule has 96 valence electrons. The van der Waals surface area contributed by atoms with Crippen LogP contribution in [-0.2, 0) is 6.61 Å². The van der Waals surface area contributed by atoms with Crippen LogP contribution in [0.15, 0.2) is 30.5 Å². The average Bonchev–Trinajstić information content (AvgIpc) is 2.70. The highest BCUT2D eigenvalue weighted by Crippen LogP contribution is 2.24. The van der Waals surface area contributed by atoms with Gasteiger partial charge in [0.15, 0.2) is 0 Å². The Morgan fingerprint density at radius 1 is 1.33 bits per heavy atom. The van der Waals surface area contributed by atoms with Gasteiger partial charge in [-0.2, -0.15) is 5.10 Å². The van der Waals surface area contributed by atoms with E-state index in [1.807, 2.05) is 51.2 Å². The summed E-state index contributed by atoms with van der Waals surface area (Å²) in [7, 11) is 0. The zero-order valence-corrected chi connectivity index (χ0v) is 10.9. The van der Waals surface area contributed by atoms with Crippen molar-refractivity contribution in [3.05, 3.63) is 41.7 Å². The van der Waals surface area contributed by atoms with E-state index in [4.69, 9.17) is 4.74 Å². The number of benzene rings is 1. The van der Waals surface area contributed by atoms with Crippen LogP contribution < -0.4 is 4.74 Å². The number of para-hydroxylation sites is 2. The second-order valence-corrected chi connectivity index (χ2v) is 4.48. The summed E-state index contributed by atoms with van der Waals surface area (Å²) in [6.07, 6.45) is 1.94. The van der Waals surface area contributed by atoms with E-state index in [1.165, 1.54) is 0 Å². The van der Waals surface area contributed by atoms with Crippen molar-refractivity contribution in [1.82, 2.24) is 9.78 Å². The molecule has 0 amide bonds. The highest BCUT2D eigenvalue weighted by Gasteiger charge is 2.10. The molecule has 4 heteroatoms. The van der Waals surface area contributed by atoms with Gasteiger partial charge in [-0.1, -0.05) is 12.1 Å². The average molecular weight is 246 g/mol. The number of hydrogen-bond acceptors (Lipinski definition) is 3. The van der Waals surface area contributed by atoms with Crippen molar-refractivity contribution in [2.75, 3.05) is 0 Å². The number of rotatable bonds is 4. The summed E-state index contributed by atoms with van der Waals surface area (Å²) in [5.74, 6) is 0.791. The van der Waals surface area contributed by atoms with Gasteiger partial charge in [-0.05, 0) is 32.9 Å². The lowest BCUT2D eigenvalue weighted by atomic mass is 10.3. The van der Waals surface area contributed by atoms with Crippen LogP contribution in [0.2, 0.25) is 0 Å². The third kappa shape index (κ3) is 2.54. The van der Waals surface area contributed by atoms with Gasteiger partial charge in [0.05, 0.1) is 18.4 Å². The maximum atomic E-state index is 9.21. The molecule has 0 bridgehead atoms. The standard InChI is InChI=1S/C14H18N2O2/c1-10(2)18-14-7-5-4-6-13(14)16-8-12(9-17)11(3)15-16/h4-8,10,17H,9H2,1-3H3. The van der Waals surface area contributed by atoms with Crippen LogP contribution in [0.1, 0.15) is 25.1 Å². The molecule has 1 aromatic heterocycles. The number of aromatic nitrogens is 2. The maximum absolute atomic E-state index is 9.21. The van der Waals surface area contributed by atoms with Crippen molar-refractivity contribution in [2.45, 2.75) is 33.5 Å². The molecule has 0 aliphatic carbocycles. The van der Waals surface area contributed by atoms with Gasteiger partial charge >= 0.3 is 0 Å². The summed E-state index contributed by atoms with van der Waals surface area (Å²) in [6.45, 7) is 5.86. The first kappa shape index (κ1) is 12.6. The molecule has 18 heavy (non-hydrogen) atoms. The topological polar surface area (TPSA) is 47.3 Å². The van der Waals surface area contributed by atoms with Crippen LogP contribution in [0.4, 0.5) is 0 Å². The van der Waals surface area contributed by atoms with Crippen molar-refractivity contribution in [1.29, 1.82) is 0 Å². The summed E-state index contributed by atoms with van der Waals surface area (Å²) in [4.78, 5) is 0. The molecular formula is C14H18N2O2. The fourth-order valence-corrected chi connectivity index (χ4v) is 1.77. The van der Waals surface area contributed by atoms with E-state index in [1.54, 1.807) is 4.68 Å². The van der Waals surface area contributed by atoms with Crippen LogP contribution in [0.3, 0.4) is 0 Å². The molecule has 2 rings (SSSR count). The van der Waals surface area contributed by atoms with Gasteiger partial charge < -0.3 is 9.84 Å². The molecule has 0 radical (unpaired) electrons. The highest BCUT2D eigenvalue weighted by molar-refractivity contribution is 5.46. The van der Waals surface area contributed by atoms with Gasteiger partial charge in [0, 0.05) is 11.8 Å². The zero-order valence-electron chi connectivity index (χ0n) is 10.9. The van der Waals surface area contributed by atoms with Crippen LogP contribution in [0.25, 0.3) is 5.69 Å². The Bertz CT molecular complexity index is 532. The lowest BCUT2D eigenvalue weighted by molar-refractivity contribution is 0.241. The Balaban J connectivity index is 2.42. The molecule has 1 heterocycles. The van der Waals surface area contributed by atoms with E-state index >= 15 is 0 Å². The molecule has 0 saturated carbocycles. The van der Waals surface area contributed by atoms with Gasteiger partial charge in [0.25, 0.3) is 0 Å². The molecule has 0 unspecified atom stereocenters. The smallest absolute Gasteiger partial charge is 0.145 e. The largest absolute Gasteiger partial charge is 0.489 e. The van der Waals surface area contributed by atoms with Gasteiger partial charge in [0.1, 0.15) is 11.4 Å². The Labute approximate surface area is 107 Å². The Morgan fingerprint density at radius 3 is 2.67 bits per heavy atom. The molecule has 0 aliphatic heterocycles. The first-order valence-electron chi connectivity index (χ1n) is 6.04. The zero-order chi connectivity index (χ0) is 13.1. The minimum absolute atomic E-state index is 0.000954. The molecule has 1 aromatic carbocycles. The van der Waals surface area contributed by atoms with E-state index in [9.17, 15) is 5.11 Å². The predicted molar refractivity (Wildman–Crippen MR) is 70.0 cm³/mol. The van der Waals surface area contributed by atoms with Gasteiger partial charge in [-0.3, -0.25) is 0 Å². The van der Waals surface area contributed by atoms with Crippen LogP contribution in [0.5, 0.6) is 5.75 Å². The number of aliphatic hydroxyl groups is 1. The van der Waals surface area contributed by atoms with E-state index < -0.39 is 0 Å². The van der Waals surface area contributed by atoms with Crippen molar-refractivity contribution < 1.29 is 9.84 Å². The third-order valence-corrected chi connectivity index (χ3v) is 2.65. The van der Waals surface area contributed by atoms with Crippen molar-refractivity contribution in [2.24, 2.45) is 0 Å². The van der Waals surface area contributed by atoms with Crippen molar-refractivity contribution in [3.63, 3.8) is 0 Å². The quantitative estimate of drug-likeness (QED) is 0.901. The highest BCUT2D eigenvalue weighted by atomic mass is 16.5.